The van der Waals surface area contributed by atoms with Gasteiger partial charge in [0, 0.05) is 11.6 Å². The van der Waals surface area contributed by atoms with Gasteiger partial charge in [0.2, 0.25) is 0 Å². The molecule has 3 rings (SSSR count). The van der Waals surface area contributed by atoms with Crippen LogP contribution in [0, 0.1) is 0 Å². The molecular weight excluding hydrogens is 166 g/mol. The van der Waals surface area contributed by atoms with Gasteiger partial charge >= 0.3 is 0 Å². The predicted octanol–water partition coefficient (Wildman–Crippen LogP) is 0.672. The third kappa shape index (κ3) is 0.807. The van der Waals surface area contributed by atoms with Crippen molar-refractivity contribution in [3.8, 4) is 0 Å². The molecule has 0 atom stereocenters. The first-order valence-corrected chi connectivity index (χ1v) is 3.83. The zero-order valence-electron chi connectivity index (χ0n) is 6.62. The lowest BCUT2D eigenvalue weighted by Crippen LogP contribution is -1.93. The molecule has 0 amide bonds. The van der Waals surface area contributed by atoms with Gasteiger partial charge in [-0.1, -0.05) is 0 Å². The molecule has 5 nitrogen and oxygen atoms in total. The zero-order chi connectivity index (χ0) is 8.67. The lowest BCUT2D eigenvalue weighted by atomic mass is 10.3. The van der Waals surface area contributed by atoms with Crippen molar-refractivity contribution < 1.29 is 0 Å². The van der Waals surface area contributed by atoms with Crippen molar-refractivity contribution in [1.29, 1.82) is 0 Å². The van der Waals surface area contributed by atoms with Crippen molar-refractivity contribution >= 4 is 16.7 Å². The topological polar surface area (TPSA) is 56.0 Å². The Hall–Kier alpha value is -2.04. The number of hydrogen-bond donors (Lipinski definition) is 0. The number of aromatic nitrogens is 5. The molecule has 0 aliphatic heterocycles. The highest BCUT2D eigenvalue weighted by Crippen LogP contribution is 2.10. The molecule has 0 aliphatic rings. The summed E-state index contributed by atoms with van der Waals surface area (Å²) in [6.45, 7) is 0. The molecule has 0 aromatic carbocycles. The van der Waals surface area contributed by atoms with Gasteiger partial charge < -0.3 is 0 Å². The van der Waals surface area contributed by atoms with Crippen LogP contribution in [0.1, 0.15) is 0 Å². The highest BCUT2D eigenvalue weighted by molar-refractivity contribution is 5.76. The summed E-state index contributed by atoms with van der Waals surface area (Å²) < 4.78 is 1.69. The van der Waals surface area contributed by atoms with E-state index >= 15 is 0 Å². The maximum absolute atomic E-state index is 4.13. The summed E-state index contributed by atoms with van der Waals surface area (Å²) in [4.78, 5) is 12.1. The number of nitrogens with zero attached hydrogens (tertiary/aromatic N) is 5. The summed E-state index contributed by atoms with van der Waals surface area (Å²) >= 11 is 0. The second-order valence-corrected chi connectivity index (χ2v) is 2.67. The van der Waals surface area contributed by atoms with Gasteiger partial charge in [0.15, 0.2) is 11.3 Å². The summed E-state index contributed by atoms with van der Waals surface area (Å²) in [7, 11) is 0. The van der Waals surface area contributed by atoms with Gasteiger partial charge in [0.1, 0.15) is 12.7 Å². The van der Waals surface area contributed by atoms with E-state index in [-0.39, 0.29) is 0 Å². The lowest BCUT2D eigenvalue weighted by molar-refractivity contribution is 0.975. The highest BCUT2D eigenvalue weighted by Gasteiger charge is 2.00. The first-order valence-electron chi connectivity index (χ1n) is 3.83. The molecule has 0 spiro atoms. The van der Waals surface area contributed by atoms with E-state index in [1.165, 1.54) is 12.7 Å². The summed E-state index contributed by atoms with van der Waals surface area (Å²) in [5, 5.41) is 5.02. The molecule has 0 radical (unpaired) electrons. The van der Waals surface area contributed by atoms with E-state index in [4.69, 9.17) is 0 Å². The van der Waals surface area contributed by atoms with E-state index < -0.39 is 0 Å². The van der Waals surface area contributed by atoms with Crippen molar-refractivity contribution in [1.82, 2.24) is 24.6 Å². The molecule has 0 bridgehead atoms. The van der Waals surface area contributed by atoms with Crippen LogP contribution in [0.25, 0.3) is 16.7 Å². The van der Waals surface area contributed by atoms with Crippen LogP contribution in [0.2, 0.25) is 0 Å². The Kier molecular flexibility index (Phi) is 1.11. The number of rotatable bonds is 0. The van der Waals surface area contributed by atoms with Gasteiger partial charge in [-0.3, -0.25) is 0 Å². The minimum absolute atomic E-state index is 0.782. The molecule has 0 aliphatic carbocycles. The Labute approximate surface area is 73.1 Å². The summed E-state index contributed by atoms with van der Waals surface area (Å²) in [6.07, 6.45) is 4.77. The average molecular weight is 171 g/mol. The second-order valence-electron chi connectivity index (χ2n) is 2.67. The van der Waals surface area contributed by atoms with Crippen molar-refractivity contribution in [2.75, 3.05) is 0 Å². The first kappa shape index (κ1) is 6.47. The third-order valence-electron chi connectivity index (χ3n) is 1.91. The summed E-state index contributed by atoms with van der Waals surface area (Å²) in [5.41, 5.74) is 1.58. The lowest BCUT2D eigenvalue weighted by Gasteiger charge is -1.96. The Morgan fingerprint density at radius 1 is 1.08 bits per heavy atom. The fourth-order valence-corrected chi connectivity index (χ4v) is 1.32. The molecule has 3 heterocycles. The van der Waals surface area contributed by atoms with Crippen molar-refractivity contribution in [2.45, 2.75) is 0 Å². The van der Waals surface area contributed by atoms with Crippen molar-refractivity contribution in [2.24, 2.45) is 0 Å². The largest absolute Gasteiger partial charge is 0.244 e. The Morgan fingerprint density at radius 2 is 2.08 bits per heavy atom. The smallest absolute Gasteiger partial charge is 0.166 e. The minimum Gasteiger partial charge on any atom is -0.244 e. The molecule has 0 N–H and O–H groups in total. The van der Waals surface area contributed by atoms with E-state index in [2.05, 4.69) is 20.1 Å². The fraction of sp³-hybridized carbons (Fsp3) is 0. The van der Waals surface area contributed by atoms with Crippen molar-refractivity contribution in [3.63, 3.8) is 0 Å². The van der Waals surface area contributed by atoms with E-state index in [1.807, 2.05) is 12.1 Å². The van der Waals surface area contributed by atoms with Crippen LogP contribution in [-0.2, 0) is 0 Å². The number of pyridine rings is 1. The van der Waals surface area contributed by atoms with Gasteiger partial charge in [0.05, 0.1) is 0 Å². The molecule has 0 fully saturated rings. The SMILES string of the molecule is c1ncc2ccc3ncnn3c2n1. The third-order valence-corrected chi connectivity index (χ3v) is 1.91. The molecule has 62 valence electrons. The average Bonchev–Trinajstić information content (AvgIpc) is 2.65. The summed E-state index contributed by atoms with van der Waals surface area (Å²) in [6, 6.07) is 3.82. The van der Waals surface area contributed by atoms with E-state index in [1.54, 1.807) is 10.7 Å². The Bertz CT molecular complexity index is 571. The maximum atomic E-state index is 4.13. The zero-order valence-corrected chi connectivity index (χ0v) is 6.62. The van der Waals surface area contributed by atoms with Crippen LogP contribution in [0.5, 0.6) is 0 Å². The van der Waals surface area contributed by atoms with Crippen LogP contribution in [0.4, 0.5) is 0 Å². The Balaban J connectivity index is 2.65. The normalized spacial score (nSPS) is 11.1. The highest BCUT2D eigenvalue weighted by atomic mass is 15.3. The molecule has 3 aromatic rings. The standard InChI is InChI=1S/C8H5N5/c1-2-7-10-5-12-13(7)8-6(1)3-9-4-11-8/h1-5H. The molecule has 5 heteroatoms. The van der Waals surface area contributed by atoms with Crippen LogP contribution in [0.15, 0.2) is 31.0 Å². The number of hydrogen-bond acceptors (Lipinski definition) is 4. The van der Waals surface area contributed by atoms with Gasteiger partial charge in [0.25, 0.3) is 0 Å². The van der Waals surface area contributed by atoms with Crippen molar-refractivity contribution in [3.05, 3.63) is 31.0 Å². The van der Waals surface area contributed by atoms with Crippen LogP contribution >= 0.6 is 0 Å². The van der Waals surface area contributed by atoms with Gasteiger partial charge in [-0.05, 0) is 12.1 Å². The van der Waals surface area contributed by atoms with Crippen LogP contribution in [0.3, 0.4) is 0 Å². The van der Waals surface area contributed by atoms with E-state index in [9.17, 15) is 0 Å². The van der Waals surface area contributed by atoms with Crippen LogP contribution in [-0.4, -0.2) is 24.6 Å². The molecular formula is C8H5N5. The fourth-order valence-electron chi connectivity index (χ4n) is 1.32. The molecule has 0 unspecified atom stereocenters. The van der Waals surface area contributed by atoms with Gasteiger partial charge in [-0.2, -0.15) is 9.61 Å². The Morgan fingerprint density at radius 3 is 3.08 bits per heavy atom. The van der Waals surface area contributed by atoms with E-state index in [0.29, 0.717) is 0 Å². The molecule has 13 heavy (non-hydrogen) atoms. The minimum atomic E-state index is 0.782. The summed E-state index contributed by atoms with van der Waals surface area (Å²) in [5.74, 6) is 0. The predicted molar refractivity (Wildman–Crippen MR) is 46.1 cm³/mol. The monoisotopic (exact) mass is 171 g/mol. The maximum Gasteiger partial charge on any atom is 0.166 e. The van der Waals surface area contributed by atoms with Crippen LogP contribution < -0.4 is 0 Å². The molecule has 0 saturated carbocycles. The quantitative estimate of drug-likeness (QED) is 0.499. The van der Waals surface area contributed by atoms with E-state index in [0.717, 1.165) is 16.7 Å². The number of fused-ring (bicyclic) bond motifs is 3. The first-order chi connectivity index (χ1) is 6.45. The molecule has 3 aromatic heterocycles. The van der Waals surface area contributed by atoms with Gasteiger partial charge in [-0.25, -0.2) is 15.0 Å². The molecule has 0 saturated heterocycles. The van der Waals surface area contributed by atoms with Gasteiger partial charge in [-0.15, -0.1) is 0 Å². The second kappa shape index (κ2) is 2.22.